The molecule has 2 aliphatic rings. The van der Waals surface area contributed by atoms with E-state index < -0.39 is 11.0 Å². The highest BCUT2D eigenvalue weighted by atomic mass is 16.3. The zero-order chi connectivity index (χ0) is 23.4. The van der Waals surface area contributed by atoms with Gasteiger partial charge in [0.05, 0.1) is 12.7 Å². The summed E-state index contributed by atoms with van der Waals surface area (Å²) in [4.78, 5) is 16.9. The molecule has 1 aromatic heterocycles. The lowest BCUT2D eigenvalue weighted by Gasteiger charge is -2.55. The van der Waals surface area contributed by atoms with Crippen molar-refractivity contribution in [3.63, 3.8) is 0 Å². The van der Waals surface area contributed by atoms with E-state index in [2.05, 4.69) is 55.0 Å². The summed E-state index contributed by atoms with van der Waals surface area (Å²) in [6.07, 6.45) is 1.64. The maximum absolute atomic E-state index is 13.0. The van der Waals surface area contributed by atoms with E-state index in [1.165, 1.54) is 5.56 Å². The molecule has 1 atom stereocenters. The summed E-state index contributed by atoms with van der Waals surface area (Å²) in [5.41, 5.74) is 2.71. The first-order valence-electron chi connectivity index (χ1n) is 11.5. The van der Waals surface area contributed by atoms with Crippen molar-refractivity contribution in [3.05, 3.63) is 88.6 Å². The number of benzene rings is 2. The highest BCUT2D eigenvalue weighted by Gasteiger charge is 2.55. The Morgan fingerprint density at radius 1 is 1.06 bits per heavy atom. The molecule has 2 aliphatic heterocycles. The van der Waals surface area contributed by atoms with Crippen LogP contribution in [0.4, 0.5) is 5.82 Å². The summed E-state index contributed by atoms with van der Waals surface area (Å²) in [6, 6.07) is 17.7. The van der Waals surface area contributed by atoms with Crippen LogP contribution in [0.1, 0.15) is 59.3 Å². The number of fused-ring (bicyclic) bond motifs is 1. The molecule has 3 aromatic rings. The minimum absolute atomic E-state index is 0.0866. The lowest BCUT2D eigenvalue weighted by Crippen LogP contribution is -2.63. The third-order valence-corrected chi connectivity index (χ3v) is 7.26. The minimum Gasteiger partial charge on any atom is -0.380 e. The molecule has 0 spiro atoms. The van der Waals surface area contributed by atoms with Gasteiger partial charge in [-0.15, -0.1) is 5.10 Å². The molecule has 1 unspecified atom stereocenters. The minimum atomic E-state index is -1.27. The Balaban J connectivity index is 1.58. The third-order valence-electron chi connectivity index (χ3n) is 7.26. The first-order chi connectivity index (χ1) is 15.7. The highest BCUT2D eigenvalue weighted by Crippen LogP contribution is 2.50. The maximum atomic E-state index is 13.0. The fourth-order valence-electron chi connectivity index (χ4n) is 5.47. The molecule has 3 heterocycles. The topological polar surface area (TPSA) is 69.6 Å². The molecular formula is C27H30N4O2. The smallest absolute Gasteiger partial charge is 0.260 e. The fourth-order valence-corrected chi connectivity index (χ4v) is 5.47. The van der Waals surface area contributed by atoms with E-state index in [4.69, 9.17) is 0 Å². The van der Waals surface area contributed by atoms with Crippen LogP contribution in [0.2, 0.25) is 0 Å². The molecule has 6 nitrogen and oxygen atoms in total. The monoisotopic (exact) mass is 442 g/mol. The van der Waals surface area contributed by atoms with Crippen molar-refractivity contribution in [3.8, 4) is 0 Å². The SMILES string of the molecule is CC(C)c1ccc(C(O)(c2cnnc(N3Cc4ccccc4C3=O)c2)C2(C)CN(C)C2)cc1. The van der Waals surface area contributed by atoms with Crippen LogP contribution in [0.3, 0.4) is 0 Å². The molecule has 33 heavy (non-hydrogen) atoms. The molecule has 0 aliphatic carbocycles. The second kappa shape index (κ2) is 7.75. The Morgan fingerprint density at radius 2 is 1.76 bits per heavy atom. The second-order valence-corrected chi connectivity index (χ2v) is 10.1. The molecule has 1 saturated heterocycles. The Labute approximate surface area is 194 Å². The van der Waals surface area contributed by atoms with Crippen molar-refractivity contribution < 1.29 is 9.90 Å². The molecule has 0 bridgehead atoms. The predicted octanol–water partition coefficient (Wildman–Crippen LogP) is 3.95. The van der Waals surface area contributed by atoms with Crippen LogP contribution in [0.5, 0.6) is 0 Å². The van der Waals surface area contributed by atoms with Gasteiger partial charge in [-0.1, -0.05) is 63.2 Å². The normalized spacial score (nSPS) is 19.3. The van der Waals surface area contributed by atoms with Gasteiger partial charge >= 0.3 is 0 Å². The van der Waals surface area contributed by atoms with Gasteiger partial charge in [-0.25, -0.2) is 0 Å². The number of hydrogen-bond acceptors (Lipinski definition) is 5. The molecule has 1 amide bonds. The quantitative estimate of drug-likeness (QED) is 0.648. The van der Waals surface area contributed by atoms with Gasteiger partial charge in [0.1, 0.15) is 5.60 Å². The molecule has 0 radical (unpaired) electrons. The zero-order valence-corrected chi connectivity index (χ0v) is 19.6. The van der Waals surface area contributed by atoms with Gasteiger partial charge in [-0.2, -0.15) is 5.10 Å². The molecule has 2 aromatic carbocycles. The van der Waals surface area contributed by atoms with Gasteiger partial charge in [0.25, 0.3) is 5.91 Å². The van der Waals surface area contributed by atoms with Gasteiger partial charge in [0.15, 0.2) is 5.82 Å². The summed E-state index contributed by atoms with van der Waals surface area (Å²) >= 11 is 0. The molecule has 0 saturated carbocycles. The van der Waals surface area contributed by atoms with Crippen LogP contribution in [0.15, 0.2) is 60.8 Å². The van der Waals surface area contributed by atoms with Crippen LogP contribution in [-0.2, 0) is 12.1 Å². The summed E-state index contributed by atoms with van der Waals surface area (Å²) in [7, 11) is 2.06. The van der Waals surface area contributed by atoms with Crippen LogP contribution in [0, 0.1) is 5.41 Å². The van der Waals surface area contributed by atoms with E-state index in [1.807, 2.05) is 42.5 Å². The largest absolute Gasteiger partial charge is 0.380 e. The summed E-state index contributed by atoms with van der Waals surface area (Å²) in [5.74, 6) is 0.785. The molecule has 1 N–H and O–H groups in total. The first-order valence-corrected chi connectivity index (χ1v) is 11.5. The molecule has 6 heteroatoms. The number of anilines is 1. The maximum Gasteiger partial charge on any atom is 0.260 e. The predicted molar refractivity (Wildman–Crippen MR) is 128 cm³/mol. The summed E-state index contributed by atoms with van der Waals surface area (Å²) in [5, 5.41) is 20.9. The fraction of sp³-hybridized carbons (Fsp3) is 0.370. The molecule has 1 fully saturated rings. The Hall–Kier alpha value is -3.09. The number of amides is 1. The number of likely N-dealkylation sites (tertiary alicyclic amines) is 1. The number of aromatic nitrogens is 2. The lowest BCUT2D eigenvalue weighted by molar-refractivity contribution is -0.127. The van der Waals surface area contributed by atoms with Gasteiger partial charge in [-0.05, 0) is 41.8 Å². The Kier molecular flexibility index (Phi) is 5.10. The lowest BCUT2D eigenvalue weighted by atomic mass is 9.62. The summed E-state index contributed by atoms with van der Waals surface area (Å²) in [6.45, 7) is 8.39. The van der Waals surface area contributed by atoms with Crippen molar-refractivity contribution in [1.29, 1.82) is 0 Å². The van der Waals surface area contributed by atoms with E-state index in [0.29, 0.717) is 29.4 Å². The zero-order valence-electron chi connectivity index (χ0n) is 19.6. The number of rotatable bonds is 5. The Morgan fingerprint density at radius 3 is 2.39 bits per heavy atom. The first kappa shape index (κ1) is 21.7. The van der Waals surface area contributed by atoms with Gasteiger partial charge in [0.2, 0.25) is 0 Å². The average molecular weight is 443 g/mol. The number of aliphatic hydroxyl groups is 1. The van der Waals surface area contributed by atoms with Crippen LogP contribution >= 0.6 is 0 Å². The third kappa shape index (κ3) is 3.36. The van der Waals surface area contributed by atoms with Crippen molar-refractivity contribution in [1.82, 2.24) is 15.1 Å². The van der Waals surface area contributed by atoms with E-state index in [-0.39, 0.29) is 5.91 Å². The Bertz CT molecular complexity index is 1200. The molecule has 170 valence electrons. The number of carbonyl (C=O) groups excluding carboxylic acids is 1. The second-order valence-electron chi connectivity index (χ2n) is 10.1. The average Bonchev–Trinajstić information content (AvgIpc) is 3.14. The van der Waals surface area contributed by atoms with Crippen LogP contribution in [-0.4, -0.2) is 46.2 Å². The van der Waals surface area contributed by atoms with Crippen molar-refractivity contribution >= 4 is 11.7 Å². The van der Waals surface area contributed by atoms with Gasteiger partial charge in [-0.3, -0.25) is 9.69 Å². The summed E-state index contributed by atoms with van der Waals surface area (Å²) < 4.78 is 0. The van der Waals surface area contributed by atoms with Crippen LogP contribution in [0.25, 0.3) is 0 Å². The van der Waals surface area contributed by atoms with E-state index in [1.54, 1.807) is 11.1 Å². The number of carbonyl (C=O) groups is 1. The number of hydrogen-bond donors (Lipinski definition) is 1. The van der Waals surface area contributed by atoms with Crippen molar-refractivity contribution in [2.75, 3.05) is 25.0 Å². The van der Waals surface area contributed by atoms with Gasteiger partial charge < -0.3 is 10.0 Å². The number of nitrogens with zero attached hydrogens (tertiary/aromatic N) is 4. The van der Waals surface area contributed by atoms with E-state index in [0.717, 1.165) is 24.2 Å². The van der Waals surface area contributed by atoms with E-state index >= 15 is 0 Å². The van der Waals surface area contributed by atoms with Crippen LogP contribution < -0.4 is 4.90 Å². The standard InChI is InChI=1S/C27H30N4O2/c1-18(2)19-9-11-21(12-10-19)27(33,26(3)16-30(4)17-26)22-13-24(29-28-14-22)31-15-20-7-5-6-8-23(20)25(31)32/h5-14,18,33H,15-17H2,1-4H3. The van der Waals surface area contributed by atoms with E-state index in [9.17, 15) is 9.90 Å². The van der Waals surface area contributed by atoms with Crippen molar-refractivity contribution in [2.45, 2.75) is 38.8 Å². The molecular weight excluding hydrogens is 412 g/mol. The molecule has 5 rings (SSSR count). The van der Waals surface area contributed by atoms with Gasteiger partial charge in [0, 0.05) is 29.6 Å². The van der Waals surface area contributed by atoms with Crippen molar-refractivity contribution in [2.24, 2.45) is 5.41 Å². The highest BCUT2D eigenvalue weighted by molar-refractivity contribution is 6.09.